The second-order valence-corrected chi connectivity index (χ2v) is 9.15. The standard InChI is InChI=1S/C24H29N7O4/c1-2-11-30-21-19(23(34)31(24(30)35)16-7-8-16)27-20(28-21)15-6-9-17(26-14-15)22(33)25-10-4-13-29-12-3-5-18(29)32/h6,9,14,16H,2-5,7-8,10-13H2,1H3,(H,25,33)(H,27,28). The van der Waals surface area contributed by atoms with Gasteiger partial charge in [-0.25, -0.2) is 9.78 Å². The van der Waals surface area contributed by atoms with Crippen molar-refractivity contribution < 1.29 is 9.59 Å². The summed E-state index contributed by atoms with van der Waals surface area (Å²) >= 11 is 0. The number of pyridine rings is 1. The van der Waals surface area contributed by atoms with Crippen LogP contribution in [-0.4, -0.2) is 60.4 Å². The topological polar surface area (TPSA) is 135 Å². The largest absolute Gasteiger partial charge is 0.351 e. The third kappa shape index (κ3) is 4.50. The van der Waals surface area contributed by atoms with Gasteiger partial charge in [0.15, 0.2) is 5.65 Å². The number of aromatic nitrogens is 5. The summed E-state index contributed by atoms with van der Waals surface area (Å²) in [6.07, 6.45) is 6.12. The first-order valence-electron chi connectivity index (χ1n) is 12.3. The highest BCUT2D eigenvalue weighted by Gasteiger charge is 2.30. The molecule has 4 heterocycles. The van der Waals surface area contributed by atoms with Crippen LogP contribution in [-0.2, 0) is 11.3 Å². The van der Waals surface area contributed by atoms with Gasteiger partial charge in [-0.15, -0.1) is 0 Å². The molecule has 11 heteroatoms. The van der Waals surface area contributed by atoms with Crippen molar-refractivity contribution in [1.29, 1.82) is 0 Å². The maximum absolute atomic E-state index is 13.0. The molecule has 11 nitrogen and oxygen atoms in total. The first-order chi connectivity index (χ1) is 17.0. The molecule has 1 saturated heterocycles. The third-order valence-electron chi connectivity index (χ3n) is 6.50. The minimum atomic E-state index is -0.349. The molecule has 2 aliphatic rings. The number of hydrogen-bond acceptors (Lipinski definition) is 6. The van der Waals surface area contributed by atoms with Crippen LogP contribution in [0.15, 0.2) is 27.9 Å². The molecule has 35 heavy (non-hydrogen) atoms. The number of rotatable bonds is 9. The van der Waals surface area contributed by atoms with Crippen LogP contribution in [0.2, 0.25) is 0 Å². The lowest BCUT2D eigenvalue weighted by molar-refractivity contribution is -0.127. The molecule has 3 aromatic heterocycles. The molecule has 0 bridgehead atoms. The number of amides is 2. The first kappa shape index (κ1) is 23.0. The van der Waals surface area contributed by atoms with Gasteiger partial charge >= 0.3 is 5.69 Å². The van der Waals surface area contributed by atoms with E-state index in [0.29, 0.717) is 55.0 Å². The fourth-order valence-electron chi connectivity index (χ4n) is 4.52. The Morgan fingerprint density at radius 3 is 2.69 bits per heavy atom. The SMILES string of the molecule is CCCn1c(=O)n(C2CC2)c(=O)c2[nH]c(-c3ccc(C(=O)NCCCN4CCCC4=O)nc3)nc21. The summed E-state index contributed by atoms with van der Waals surface area (Å²) < 4.78 is 2.89. The van der Waals surface area contributed by atoms with Crippen molar-refractivity contribution in [3.05, 3.63) is 44.9 Å². The molecule has 0 aromatic carbocycles. The van der Waals surface area contributed by atoms with Gasteiger partial charge in [-0.2, -0.15) is 0 Å². The van der Waals surface area contributed by atoms with Gasteiger partial charge in [0.2, 0.25) is 5.91 Å². The van der Waals surface area contributed by atoms with Crippen LogP contribution in [0.5, 0.6) is 0 Å². The Hall–Kier alpha value is -3.76. The lowest BCUT2D eigenvalue weighted by Gasteiger charge is -2.15. The number of fused-ring (bicyclic) bond motifs is 1. The highest BCUT2D eigenvalue weighted by atomic mass is 16.2. The predicted octanol–water partition coefficient (Wildman–Crippen LogP) is 1.44. The Bertz CT molecular complexity index is 1380. The van der Waals surface area contributed by atoms with Gasteiger partial charge in [0, 0.05) is 50.4 Å². The van der Waals surface area contributed by atoms with Crippen LogP contribution in [0.3, 0.4) is 0 Å². The summed E-state index contributed by atoms with van der Waals surface area (Å²) in [4.78, 5) is 63.7. The van der Waals surface area contributed by atoms with Gasteiger partial charge in [-0.3, -0.25) is 28.5 Å². The second-order valence-electron chi connectivity index (χ2n) is 9.15. The fourth-order valence-corrected chi connectivity index (χ4v) is 4.52. The van der Waals surface area contributed by atoms with E-state index in [2.05, 4.69) is 20.3 Å². The van der Waals surface area contributed by atoms with E-state index in [9.17, 15) is 19.2 Å². The molecule has 2 N–H and O–H groups in total. The number of aromatic amines is 1. The average molecular weight is 480 g/mol. The second kappa shape index (κ2) is 9.47. The van der Waals surface area contributed by atoms with E-state index in [1.54, 1.807) is 16.7 Å². The molecule has 0 unspecified atom stereocenters. The predicted molar refractivity (Wildman–Crippen MR) is 129 cm³/mol. The van der Waals surface area contributed by atoms with Crippen LogP contribution < -0.4 is 16.6 Å². The zero-order chi connectivity index (χ0) is 24.5. The maximum Gasteiger partial charge on any atom is 0.333 e. The van der Waals surface area contributed by atoms with Gasteiger partial charge < -0.3 is 15.2 Å². The fraction of sp³-hybridized carbons (Fsp3) is 0.500. The van der Waals surface area contributed by atoms with Crippen molar-refractivity contribution >= 4 is 23.0 Å². The number of nitrogens with zero attached hydrogens (tertiary/aromatic N) is 5. The van der Waals surface area contributed by atoms with Crippen LogP contribution in [0.4, 0.5) is 0 Å². The van der Waals surface area contributed by atoms with Crippen LogP contribution in [0.1, 0.15) is 62.0 Å². The molecule has 0 spiro atoms. The van der Waals surface area contributed by atoms with E-state index in [1.165, 1.54) is 10.8 Å². The lowest BCUT2D eigenvalue weighted by Crippen LogP contribution is -2.39. The Morgan fingerprint density at radius 1 is 1.20 bits per heavy atom. The molecule has 0 radical (unpaired) electrons. The lowest BCUT2D eigenvalue weighted by atomic mass is 10.2. The molecule has 1 aliphatic carbocycles. The van der Waals surface area contributed by atoms with E-state index in [-0.39, 0.29) is 34.8 Å². The zero-order valence-electron chi connectivity index (χ0n) is 19.7. The van der Waals surface area contributed by atoms with Crippen molar-refractivity contribution in [2.24, 2.45) is 0 Å². The maximum atomic E-state index is 13.0. The normalized spacial score (nSPS) is 15.8. The van der Waals surface area contributed by atoms with Crippen molar-refractivity contribution in [3.63, 3.8) is 0 Å². The Labute approximate surface area is 201 Å². The molecule has 3 aromatic rings. The Kier molecular flexibility index (Phi) is 6.23. The number of carbonyl (C=O) groups is 2. The summed E-state index contributed by atoms with van der Waals surface area (Å²) in [7, 11) is 0. The highest BCUT2D eigenvalue weighted by molar-refractivity contribution is 5.92. The molecule has 2 fully saturated rings. The number of imidazole rings is 1. The molecule has 5 rings (SSSR count). The average Bonchev–Trinajstić information content (AvgIpc) is 3.44. The molecule has 1 aliphatic heterocycles. The number of aryl methyl sites for hydroxylation is 1. The van der Waals surface area contributed by atoms with Crippen LogP contribution >= 0.6 is 0 Å². The minimum absolute atomic E-state index is 0.0374. The van der Waals surface area contributed by atoms with Crippen molar-refractivity contribution in [2.75, 3.05) is 19.6 Å². The molecule has 0 atom stereocenters. The number of carbonyl (C=O) groups excluding carboxylic acids is 2. The van der Waals surface area contributed by atoms with Gasteiger partial charge in [0.25, 0.3) is 11.5 Å². The number of H-pyrrole nitrogens is 1. The van der Waals surface area contributed by atoms with Crippen molar-refractivity contribution in [2.45, 2.75) is 58.0 Å². The van der Waals surface area contributed by atoms with Crippen LogP contribution in [0.25, 0.3) is 22.6 Å². The van der Waals surface area contributed by atoms with E-state index in [1.807, 2.05) is 11.8 Å². The minimum Gasteiger partial charge on any atom is -0.351 e. The number of hydrogen-bond donors (Lipinski definition) is 2. The summed E-state index contributed by atoms with van der Waals surface area (Å²) in [5, 5.41) is 2.83. The summed E-state index contributed by atoms with van der Waals surface area (Å²) in [5.41, 5.74) is 0.854. The number of likely N-dealkylation sites (tertiary alicyclic amines) is 1. The summed E-state index contributed by atoms with van der Waals surface area (Å²) in [6.45, 7) is 4.33. The van der Waals surface area contributed by atoms with E-state index in [0.717, 1.165) is 32.2 Å². The van der Waals surface area contributed by atoms with Crippen molar-refractivity contribution in [3.8, 4) is 11.4 Å². The van der Waals surface area contributed by atoms with E-state index >= 15 is 0 Å². The van der Waals surface area contributed by atoms with Crippen LogP contribution in [0, 0.1) is 0 Å². The van der Waals surface area contributed by atoms with Gasteiger partial charge in [-0.1, -0.05) is 6.92 Å². The smallest absolute Gasteiger partial charge is 0.333 e. The van der Waals surface area contributed by atoms with Gasteiger partial charge in [0.05, 0.1) is 0 Å². The molecule has 2 amide bonds. The quantitative estimate of drug-likeness (QED) is 0.446. The first-order valence-corrected chi connectivity index (χ1v) is 12.3. The molecular weight excluding hydrogens is 450 g/mol. The molecule has 184 valence electrons. The summed E-state index contributed by atoms with van der Waals surface area (Å²) in [6, 6.07) is 3.28. The highest BCUT2D eigenvalue weighted by Crippen LogP contribution is 2.32. The zero-order valence-corrected chi connectivity index (χ0v) is 19.7. The van der Waals surface area contributed by atoms with Crippen molar-refractivity contribution in [1.82, 2.24) is 34.3 Å². The van der Waals surface area contributed by atoms with Gasteiger partial charge in [0.1, 0.15) is 17.0 Å². The third-order valence-corrected chi connectivity index (χ3v) is 6.50. The van der Waals surface area contributed by atoms with Gasteiger partial charge in [-0.05, 0) is 44.2 Å². The Morgan fingerprint density at radius 2 is 2.03 bits per heavy atom. The monoisotopic (exact) mass is 479 g/mol. The molecular formula is C24H29N7O4. The molecule has 1 saturated carbocycles. The summed E-state index contributed by atoms with van der Waals surface area (Å²) in [5.74, 6) is 0.306. The van der Waals surface area contributed by atoms with E-state index < -0.39 is 0 Å². The van der Waals surface area contributed by atoms with E-state index in [4.69, 9.17) is 0 Å². The number of nitrogens with one attached hydrogen (secondary N) is 2. The Balaban J connectivity index is 1.31.